The fourth-order valence-electron chi connectivity index (χ4n) is 2.58. The van der Waals surface area contributed by atoms with Crippen LogP contribution >= 0.6 is 0 Å². The lowest BCUT2D eigenvalue weighted by Crippen LogP contribution is -2.34. The molecular formula is C18H17N7O3S. The SMILES string of the molecule is N#CC(=CNc1ccccc1S(=O)(=O)N(CCO)c1ccccc1)c1nn[nH]n1. The Labute approximate surface area is 167 Å². The zero-order valence-electron chi connectivity index (χ0n) is 15.1. The number of aromatic nitrogens is 4. The van der Waals surface area contributed by atoms with E-state index in [0.29, 0.717) is 5.69 Å². The van der Waals surface area contributed by atoms with Gasteiger partial charge in [0, 0.05) is 6.20 Å². The molecule has 0 bridgehead atoms. The summed E-state index contributed by atoms with van der Waals surface area (Å²) in [4.78, 5) is -0.0149. The number of tetrazole rings is 1. The van der Waals surface area contributed by atoms with Crippen LogP contribution in [0.15, 0.2) is 65.7 Å². The summed E-state index contributed by atoms with van der Waals surface area (Å²) in [6, 6.07) is 16.7. The van der Waals surface area contributed by atoms with Gasteiger partial charge in [0.15, 0.2) is 0 Å². The van der Waals surface area contributed by atoms with Crippen LogP contribution in [0.25, 0.3) is 5.57 Å². The number of benzene rings is 2. The van der Waals surface area contributed by atoms with E-state index in [9.17, 15) is 18.8 Å². The van der Waals surface area contributed by atoms with E-state index in [1.54, 1.807) is 48.5 Å². The Balaban J connectivity index is 2.00. The van der Waals surface area contributed by atoms with Gasteiger partial charge in [-0.25, -0.2) is 8.42 Å². The van der Waals surface area contributed by atoms with Crippen molar-refractivity contribution in [3.05, 3.63) is 66.6 Å². The van der Waals surface area contributed by atoms with Gasteiger partial charge in [0.1, 0.15) is 16.5 Å². The summed E-state index contributed by atoms with van der Waals surface area (Å²) in [5.74, 6) is 0.0755. The third-order valence-electron chi connectivity index (χ3n) is 3.88. The molecule has 3 N–H and O–H groups in total. The molecule has 0 saturated carbocycles. The lowest BCUT2D eigenvalue weighted by molar-refractivity contribution is 0.306. The molecule has 0 saturated heterocycles. The minimum Gasteiger partial charge on any atom is -0.394 e. The van der Waals surface area contributed by atoms with Gasteiger partial charge in [-0.2, -0.15) is 10.5 Å². The van der Waals surface area contributed by atoms with E-state index >= 15 is 0 Å². The fourth-order valence-corrected chi connectivity index (χ4v) is 4.19. The van der Waals surface area contributed by atoms with Crippen LogP contribution in [-0.2, 0) is 10.0 Å². The molecule has 3 aromatic rings. The van der Waals surface area contributed by atoms with E-state index in [-0.39, 0.29) is 35.1 Å². The predicted octanol–water partition coefficient (Wildman–Crippen LogP) is 1.36. The number of aromatic amines is 1. The van der Waals surface area contributed by atoms with Crippen molar-refractivity contribution in [2.24, 2.45) is 0 Å². The van der Waals surface area contributed by atoms with Crippen molar-refractivity contribution >= 4 is 27.0 Å². The standard InChI is InChI=1S/C18H17N7O3S/c19-12-14(18-21-23-24-22-18)13-20-16-8-4-5-9-17(16)29(27,28)25(10-11-26)15-6-2-1-3-7-15/h1-9,13,20,26H,10-11H2,(H,21,22,23,24). The van der Waals surface area contributed by atoms with E-state index in [0.717, 1.165) is 4.31 Å². The number of para-hydroxylation sites is 2. The Morgan fingerprint density at radius 2 is 1.93 bits per heavy atom. The van der Waals surface area contributed by atoms with Crippen molar-refractivity contribution in [3.63, 3.8) is 0 Å². The van der Waals surface area contributed by atoms with Crippen molar-refractivity contribution in [2.45, 2.75) is 4.90 Å². The summed E-state index contributed by atoms with van der Waals surface area (Å²) in [5.41, 5.74) is 0.750. The van der Waals surface area contributed by atoms with Crippen LogP contribution in [0.3, 0.4) is 0 Å². The molecule has 3 rings (SSSR count). The Hall–Kier alpha value is -3.75. The highest BCUT2D eigenvalue weighted by Crippen LogP contribution is 2.28. The molecule has 10 nitrogen and oxygen atoms in total. The maximum atomic E-state index is 13.3. The van der Waals surface area contributed by atoms with Gasteiger partial charge in [0.05, 0.1) is 24.5 Å². The summed E-state index contributed by atoms with van der Waals surface area (Å²) < 4.78 is 27.8. The molecular weight excluding hydrogens is 394 g/mol. The van der Waals surface area contributed by atoms with Crippen LogP contribution in [0, 0.1) is 11.3 Å². The highest BCUT2D eigenvalue weighted by atomic mass is 32.2. The van der Waals surface area contributed by atoms with Gasteiger partial charge in [-0.15, -0.1) is 10.2 Å². The molecule has 2 aromatic carbocycles. The van der Waals surface area contributed by atoms with E-state index < -0.39 is 10.0 Å². The van der Waals surface area contributed by atoms with Crippen LogP contribution in [0.5, 0.6) is 0 Å². The van der Waals surface area contributed by atoms with Crippen molar-refractivity contribution in [1.29, 1.82) is 5.26 Å². The van der Waals surface area contributed by atoms with Crippen LogP contribution in [0.2, 0.25) is 0 Å². The number of allylic oxidation sites excluding steroid dienone is 1. The van der Waals surface area contributed by atoms with Gasteiger partial charge in [0.2, 0.25) is 5.82 Å². The monoisotopic (exact) mass is 411 g/mol. The molecule has 0 spiro atoms. The predicted molar refractivity (Wildman–Crippen MR) is 106 cm³/mol. The highest BCUT2D eigenvalue weighted by Gasteiger charge is 2.27. The number of H-pyrrole nitrogens is 1. The van der Waals surface area contributed by atoms with E-state index in [4.69, 9.17) is 0 Å². The second kappa shape index (κ2) is 8.96. The summed E-state index contributed by atoms with van der Waals surface area (Å²) in [5, 5.41) is 34.6. The third kappa shape index (κ3) is 4.40. The largest absolute Gasteiger partial charge is 0.394 e. The van der Waals surface area contributed by atoms with Crippen LogP contribution < -0.4 is 9.62 Å². The lowest BCUT2D eigenvalue weighted by Gasteiger charge is -2.24. The topological polar surface area (TPSA) is 148 Å². The zero-order chi connectivity index (χ0) is 20.7. The van der Waals surface area contributed by atoms with Gasteiger partial charge >= 0.3 is 0 Å². The van der Waals surface area contributed by atoms with Crippen molar-refractivity contribution < 1.29 is 13.5 Å². The molecule has 1 heterocycles. The normalized spacial score (nSPS) is 11.7. The average molecular weight is 411 g/mol. The molecule has 0 amide bonds. The number of aliphatic hydroxyl groups excluding tert-OH is 1. The smallest absolute Gasteiger partial charge is 0.266 e. The zero-order valence-corrected chi connectivity index (χ0v) is 15.9. The Kier molecular flexibility index (Phi) is 6.18. The van der Waals surface area contributed by atoms with Gasteiger partial charge in [-0.05, 0) is 29.5 Å². The third-order valence-corrected chi connectivity index (χ3v) is 5.77. The molecule has 0 aliphatic heterocycles. The maximum Gasteiger partial charge on any atom is 0.266 e. The van der Waals surface area contributed by atoms with Crippen LogP contribution in [0.4, 0.5) is 11.4 Å². The number of nitrogens with one attached hydrogen (secondary N) is 2. The molecule has 0 atom stereocenters. The van der Waals surface area contributed by atoms with Crippen molar-refractivity contribution in [3.8, 4) is 6.07 Å². The first-order valence-electron chi connectivity index (χ1n) is 8.46. The first-order chi connectivity index (χ1) is 14.1. The summed E-state index contributed by atoms with van der Waals surface area (Å²) in [7, 11) is -4.01. The van der Waals surface area contributed by atoms with Gasteiger partial charge < -0.3 is 10.4 Å². The minimum atomic E-state index is -4.01. The average Bonchev–Trinajstić information content (AvgIpc) is 3.28. The van der Waals surface area contributed by atoms with Crippen LogP contribution in [-0.4, -0.2) is 47.3 Å². The number of sulfonamides is 1. The molecule has 0 radical (unpaired) electrons. The number of rotatable bonds is 8. The Morgan fingerprint density at radius 1 is 1.21 bits per heavy atom. The van der Waals surface area contributed by atoms with E-state index in [2.05, 4.69) is 25.9 Å². The number of hydrogen-bond acceptors (Lipinski definition) is 8. The Bertz CT molecular complexity index is 1120. The summed E-state index contributed by atoms with van der Waals surface area (Å²) >= 11 is 0. The van der Waals surface area contributed by atoms with Crippen LogP contribution in [0.1, 0.15) is 5.82 Å². The molecule has 148 valence electrons. The van der Waals surface area contributed by atoms with Crippen molar-refractivity contribution in [1.82, 2.24) is 20.6 Å². The quantitative estimate of drug-likeness (QED) is 0.471. The number of nitrogens with zero attached hydrogens (tertiary/aromatic N) is 5. The molecule has 0 aliphatic carbocycles. The first kappa shape index (κ1) is 20.0. The van der Waals surface area contributed by atoms with Crippen molar-refractivity contribution in [2.75, 3.05) is 22.8 Å². The second-order valence-electron chi connectivity index (χ2n) is 5.68. The number of anilines is 2. The molecule has 0 aliphatic rings. The number of aliphatic hydroxyl groups is 1. The number of hydrogen-bond donors (Lipinski definition) is 3. The fraction of sp³-hybridized carbons (Fsp3) is 0.111. The Morgan fingerprint density at radius 3 is 2.59 bits per heavy atom. The second-order valence-corrected chi connectivity index (χ2v) is 7.51. The lowest BCUT2D eigenvalue weighted by atomic mass is 10.3. The van der Waals surface area contributed by atoms with E-state index in [1.807, 2.05) is 6.07 Å². The van der Waals surface area contributed by atoms with E-state index in [1.165, 1.54) is 12.3 Å². The summed E-state index contributed by atoms with van der Waals surface area (Å²) in [6.45, 7) is -0.455. The number of nitriles is 1. The molecule has 29 heavy (non-hydrogen) atoms. The van der Waals surface area contributed by atoms with Gasteiger partial charge in [-0.1, -0.05) is 30.3 Å². The first-order valence-corrected chi connectivity index (χ1v) is 9.90. The minimum absolute atomic E-state index is 0.0149. The van der Waals surface area contributed by atoms with Gasteiger partial charge in [-0.3, -0.25) is 4.31 Å². The molecule has 0 fully saturated rings. The molecule has 0 unspecified atom stereocenters. The highest BCUT2D eigenvalue weighted by molar-refractivity contribution is 7.93. The maximum absolute atomic E-state index is 13.3. The molecule has 1 aromatic heterocycles. The van der Waals surface area contributed by atoms with Gasteiger partial charge in [0.25, 0.3) is 10.0 Å². The summed E-state index contributed by atoms with van der Waals surface area (Å²) in [6.07, 6.45) is 1.30. The molecule has 11 heteroatoms.